The van der Waals surface area contributed by atoms with Gasteiger partial charge in [-0.1, -0.05) is 0 Å². The van der Waals surface area contributed by atoms with Gasteiger partial charge in [-0.2, -0.15) is 0 Å². The lowest BCUT2D eigenvalue weighted by Gasteiger charge is -2.08. The van der Waals surface area contributed by atoms with E-state index in [2.05, 4.69) is 31.0 Å². The van der Waals surface area contributed by atoms with E-state index in [9.17, 15) is 18.5 Å². The molecule has 8 nitrogen and oxygen atoms in total. The van der Waals surface area contributed by atoms with E-state index in [1.54, 1.807) is 13.0 Å². The molecule has 2 aromatic rings. The second-order valence-electron chi connectivity index (χ2n) is 4.88. The van der Waals surface area contributed by atoms with Crippen LogP contribution >= 0.6 is 27.3 Å². The summed E-state index contributed by atoms with van der Waals surface area (Å²) in [5.74, 6) is 0.0879. The summed E-state index contributed by atoms with van der Waals surface area (Å²) in [6.45, 7) is 3.83. The second-order valence-corrected chi connectivity index (χ2v) is 8.99. The fourth-order valence-corrected chi connectivity index (χ4v) is 4.93. The van der Waals surface area contributed by atoms with Crippen molar-refractivity contribution in [2.24, 2.45) is 0 Å². The van der Waals surface area contributed by atoms with Gasteiger partial charge in [0.15, 0.2) is 0 Å². The molecule has 130 valence electrons. The highest BCUT2D eigenvalue weighted by molar-refractivity contribution is 9.10. The lowest BCUT2D eigenvalue weighted by atomic mass is 10.4. The van der Waals surface area contributed by atoms with E-state index < -0.39 is 14.9 Å². The fourth-order valence-electron chi connectivity index (χ4n) is 2.02. The average molecular weight is 435 g/mol. The predicted molar refractivity (Wildman–Crippen MR) is 96.1 cm³/mol. The predicted octanol–water partition coefficient (Wildman–Crippen LogP) is 2.82. The number of anilines is 1. The summed E-state index contributed by atoms with van der Waals surface area (Å²) in [5.41, 5.74) is -0.184. The van der Waals surface area contributed by atoms with Gasteiger partial charge in [-0.3, -0.25) is 10.1 Å². The molecule has 2 aromatic heterocycles. The number of aryl methyl sites for hydroxylation is 2. The van der Waals surface area contributed by atoms with Crippen molar-refractivity contribution in [1.29, 1.82) is 0 Å². The first-order valence-electron chi connectivity index (χ1n) is 6.81. The number of thiophene rings is 1. The van der Waals surface area contributed by atoms with Crippen molar-refractivity contribution >= 4 is 48.8 Å². The van der Waals surface area contributed by atoms with Crippen LogP contribution in [0.5, 0.6) is 0 Å². The molecule has 0 saturated carbocycles. The quantitative estimate of drug-likeness (QED) is 0.393. The fraction of sp³-hybridized carbons (Fsp3) is 0.308. The standard InChI is InChI=1S/C13H15BrN4O4S2/c1-8-5-12(9(2)23-8)24(21,22)17-4-3-15-13-11(18(19)20)6-10(14)7-16-13/h5-7,17H,3-4H2,1-2H3,(H,15,16). The maximum Gasteiger partial charge on any atom is 0.312 e. The Kier molecular flexibility index (Phi) is 5.91. The van der Waals surface area contributed by atoms with Crippen molar-refractivity contribution in [3.8, 4) is 0 Å². The van der Waals surface area contributed by atoms with Crippen LogP contribution in [0.1, 0.15) is 9.75 Å². The van der Waals surface area contributed by atoms with Crippen LogP contribution in [0.4, 0.5) is 11.5 Å². The number of nitrogens with zero attached hydrogens (tertiary/aromatic N) is 2. The summed E-state index contributed by atoms with van der Waals surface area (Å²) in [6, 6.07) is 2.95. The van der Waals surface area contributed by atoms with E-state index in [-0.39, 0.29) is 29.5 Å². The molecule has 0 spiro atoms. The van der Waals surface area contributed by atoms with E-state index in [4.69, 9.17) is 0 Å². The van der Waals surface area contributed by atoms with Crippen LogP contribution in [0.3, 0.4) is 0 Å². The van der Waals surface area contributed by atoms with Gasteiger partial charge in [0.25, 0.3) is 0 Å². The monoisotopic (exact) mass is 434 g/mol. The second kappa shape index (κ2) is 7.55. The number of nitro groups is 1. The van der Waals surface area contributed by atoms with Gasteiger partial charge in [-0.05, 0) is 35.8 Å². The summed E-state index contributed by atoms with van der Waals surface area (Å²) < 4.78 is 27.4. The first-order chi connectivity index (χ1) is 11.2. The highest BCUT2D eigenvalue weighted by atomic mass is 79.9. The van der Waals surface area contributed by atoms with E-state index in [1.165, 1.54) is 23.6 Å². The molecule has 24 heavy (non-hydrogen) atoms. The molecular weight excluding hydrogens is 420 g/mol. The molecule has 0 aliphatic rings. The maximum atomic E-state index is 12.2. The van der Waals surface area contributed by atoms with Crippen molar-refractivity contribution in [3.63, 3.8) is 0 Å². The third kappa shape index (κ3) is 4.50. The molecule has 0 atom stereocenters. The van der Waals surface area contributed by atoms with Gasteiger partial charge in [0.05, 0.1) is 9.82 Å². The van der Waals surface area contributed by atoms with Crippen molar-refractivity contribution in [2.45, 2.75) is 18.7 Å². The number of aromatic nitrogens is 1. The third-order valence-electron chi connectivity index (χ3n) is 3.03. The van der Waals surface area contributed by atoms with Gasteiger partial charge in [0.2, 0.25) is 15.8 Å². The van der Waals surface area contributed by atoms with Gasteiger partial charge in [0.1, 0.15) is 0 Å². The number of pyridine rings is 1. The summed E-state index contributed by atoms with van der Waals surface area (Å²) in [5, 5.41) is 13.8. The third-order valence-corrected chi connectivity index (χ3v) is 6.14. The topological polar surface area (TPSA) is 114 Å². The maximum absolute atomic E-state index is 12.2. The lowest BCUT2D eigenvalue weighted by Crippen LogP contribution is -2.29. The smallest absolute Gasteiger partial charge is 0.312 e. The summed E-state index contributed by atoms with van der Waals surface area (Å²) in [4.78, 5) is 16.3. The summed E-state index contributed by atoms with van der Waals surface area (Å²) >= 11 is 4.54. The van der Waals surface area contributed by atoms with Gasteiger partial charge < -0.3 is 5.32 Å². The van der Waals surface area contributed by atoms with Crippen LogP contribution in [0.2, 0.25) is 0 Å². The van der Waals surface area contributed by atoms with Crippen molar-refractivity contribution < 1.29 is 13.3 Å². The Bertz CT molecular complexity index is 867. The number of sulfonamides is 1. The number of rotatable bonds is 7. The SMILES string of the molecule is Cc1cc(S(=O)(=O)NCCNc2ncc(Br)cc2[N+](=O)[O-])c(C)s1. The molecule has 2 heterocycles. The molecular formula is C13H15BrN4O4S2. The Hall–Kier alpha value is -1.56. The van der Waals surface area contributed by atoms with E-state index in [0.29, 0.717) is 4.47 Å². The average Bonchev–Trinajstić information content (AvgIpc) is 2.84. The molecule has 0 saturated heterocycles. The molecule has 0 unspecified atom stereocenters. The lowest BCUT2D eigenvalue weighted by molar-refractivity contribution is -0.384. The molecule has 0 bridgehead atoms. The van der Waals surface area contributed by atoms with Gasteiger partial charge >= 0.3 is 5.69 Å². The van der Waals surface area contributed by atoms with E-state index in [1.807, 2.05) is 6.92 Å². The zero-order valence-corrected chi connectivity index (χ0v) is 16.1. The zero-order chi connectivity index (χ0) is 17.9. The van der Waals surface area contributed by atoms with Crippen LogP contribution in [0.25, 0.3) is 0 Å². The minimum absolute atomic E-state index is 0.0750. The largest absolute Gasteiger partial charge is 0.363 e. The van der Waals surface area contributed by atoms with Crippen LogP contribution in [-0.2, 0) is 10.0 Å². The highest BCUT2D eigenvalue weighted by Crippen LogP contribution is 2.26. The minimum Gasteiger partial charge on any atom is -0.363 e. The summed E-state index contributed by atoms with van der Waals surface area (Å²) in [7, 11) is -3.60. The van der Waals surface area contributed by atoms with Crippen molar-refractivity contribution in [3.05, 3.63) is 42.7 Å². The minimum atomic E-state index is -3.60. The van der Waals surface area contributed by atoms with Crippen LogP contribution in [0, 0.1) is 24.0 Å². The first kappa shape index (κ1) is 18.8. The Balaban J connectivity index is 1.98. The molecule has 0 amide bonds. The number of hydrogen-bond donors (Lipinski definition) is 2. The van der Waals surface area contributed by atoms with Crippen molar-refractivity contribution in [1.82, 2.24) is 9.71 Å². The first-order valence-corrected chi connectivity index (χ1v) is 9.90. The molecule has 0 radical (unpaired) electrons. The molecule has 2 rings (SSSR count). The molecule has 0 fully saturated rings. The molecule has 0 aliphatic carbocycles. The molecule has 0 aromatic carbocycles. The zero-order valence-electron chi connectivity index (χ0n) is 12.9. The number of halogens is 1. The van der Waals surface area contributed by atoms with Crippen LogP contribution in [0.15, 0.2) is 27.7 Å². The highest BCUT2D eigenvalue weighted by Gasteiger charge is 2.19. The Morgan fingerprint density at radius 1 is 1.33 bits per heavy atom. The van der Waals surface area contributed by atoms with Crippen LogP contribution in [-0.4, -0.2) is 31.4 Å². The van der Waals surface area contributed by atoms with E-state index >= 15 is 0 Å². The van der Waals surface area contributed by atoms with Crippen LogP contribution < -0.4 is 10.0 Å². The Morgan fingerprint density at radius 3 is 2.62 bits per heavy atom. The molecule has 2 N–H and O–H groups in total. The Labute approximate surface area is 151 Å². The van der Waals surface area contributed by atoms with Gasteiger partial charge in [-0.15, -0.1) is 11.3 Å². The van der Waals surface area contributed by atoms with E-state index in [0.717, 1.165) is 9.75 Å². The molecule has 11 heteroatoms. The van der Waals surface area contributed by atoms with Gasteiger partial charge in [-0.25, -0.2) is 18.1 Å². The Morgan fingerprint density at radius 2 is 2.04 bits per heavy atom. The van der Waals surface area contributed by atoms with Gasteiger partial charge in [0, 0.05) is 39.6 Å². The van der Waals surface area contributed by atoms with Crippen molar-refractivity contribution in [2.75, 3.05) is 18.4 Å². The number of nitrogens with one attached hydrogen (secondary N) is 2. The summed E-state index contributed by atoms with van der Waals surface area (Å²) in [6.07, 6.45) is 1.43. The normalized spacial score (nSPS) is 11.5. The molecule has 0 aliphatic heterocycles. The number of hydrogen-bond acceptors (Lipinski definition) is 7.